The summed E-state index contributed by atoms with van der Waals surface area (Å²) in [6, 6.07) is -1.63. The zero-order valence-electron chi connectivity index (χ0n) is 21.1. The van der Waals surface area contributed by atoms with E-state index in [0.717, 1.165) is 0 Å². The van der Waals surface area contributed by atoms with E-state index in [9.17, 15) is 19.5 Å². The molecule has 0 aliphatic rings. The van der Waals surface area contributed by atoms with Crippen LogP contribution in [0.1, 0.15) is 81.9 Å². The number of aliphatic carboxylic acids is 1. The zero-order valence-corrected chi connectivity index (χ0v) is 21.1. The van der Waals surface area contributed by atoms with Gasteiger partial charge in [-0.05, 0) is 52.9 Å². The predicted octanol–water partition coefficient (Wildman–Crippen LogP) is 1.58. The van der Waals surface area contributed by atoms with E-state index in [0.29, 0.717) is 24.4 Å². The fraction of sp³-hybridized carbons (Fsp3) is 0.682. The minimum Gasteiger partial charge on any atom is -0.480 e. The van der Waals surface area contributed by atoms with Crippen LogP contribution in [0.5, 0.6) is 0 Å². The monoisotopic (exact) mass is 481 g/mol. The Morgan fingerprint density at radius 3 is 2.32 bits per heavy atom. The number of carboxylic acids is 1. The van der Waals surface area contributed by atoms with E-state index >= 15 is 0 Å². The first-order valence-electron chi connectivity index (χ1n) is 11.2. The van der Waals surface area contributed by atoms with Gasteiger partial charge in [0.05, 0.1) is 6.04 Å². The number of aromatic nitrogens is 2. The molecule has 2 amide bonds. The number of carbonyl (C=O) groups is 3. The smallest absolute Gasteiger partial charge is 0.408 e. The van der Waals surface area contributed by atoms with Crippen LogP contribution < -0.4 is 22.1 Å². The number of nitrogens with zero attached hydrogens (tertiary/aromatic N) is 3. The fourth-order valence-corrected chi connectivity index (χ4v) is 3.27. The van der Waals surface area contributed by atoms with Crippen LogP contribution in [-0.4, -0.2) is 56.8 Å². The Balaban J connectivity index is 3.09. The maximum atomic E-state index is 12.9. The maximum absolute atomic E-state index is 12.9. The number of carbonyl (C=O) groups excluding carboxylic acids is 2. The third-order valence-electron chi connectivity index (χ3n) is 4.89. The molecule has 12 nitrogen and oxygen atoms in total. The van der Waals surface area contributed by atoms with Gasteiger partial charge in [-0.25, -0.2) is 14.6 Å². The first kappa shape index (κ1) is 28.7. The first-order valence-corrected chi connectivity index (χ1v) is 11.2. The van der Waals surface area contributed by atoms with Crippen LogP contribution in [0.25, 0.3) is 0 Å². The van der Waals surface area contributed by atoms with Gasteiger partial charge in [-0.15, -0.1) is 0 Å². The van der Waals surface area contributed by atoms with Gasteiger partial charge < -0.3 is 36.5 Å². The molecule has 0 saturated heterocycles. The molecular weight excluding hydrogens is 442 g/mol. The molecule has 0 saturated carbocycles. The van der Waals surface area contributed by atoms with Crippen molar-refractivity contribution in [3.05, 3.63) is 17.2 Å². The maximum Gasteiger partial charge on any atom is 0.408 e. The molecule has 0 bridgehead atoms. The molecule has 0 fully saturated rings. The van der Waals surface area contributed by atoms with Crippen LogP contribution in [-0.2, 0) is 16.6 Å². The minimum atomic E-state index is -1.17. The van der Waals surface area contributed by atoms with E-state index in [-0.39, 0.29) is 30.5 Å². The largest absolute Gasteiger partial charge is 0.480 e. The molecule has 2 atom stereocenters. The summed E-state index contributed by atoms with van der Waals surface area (Å²) in [5.74, 6) is -1.17. The molecule has 0 spiro atoms. The normalized spacial score (nSPS) is 13.2. The van der Waals surface area contributed by atoms with Crippen LogP contribution in [0, 0.1) is 12.8 Å². The number of aliphatic imine (C=N–C) groups is 1. The summed E-state index contributed by atoms with van der Waals surface area (Å²) in [6.45, 7) is 11.3. The molecule has 7 N–H and O–H groups in total. The van der Waals surface area contributed by atoms with E-state index in [4.69, 9.17) is 16.2 Å². The first-order chi connectivity index (χ1) is 15.6. The van der Waals surface area contributed by atoms with Crippen molar-refractivity contribution in [1.29, 1.82) is 0 Å². The summed E-state index contributed by atoms with van der Waals surface area (Å²) in [5, 5.41) is 14.9. The quantitative estimate of drug-likeness (QED) is 0.179. The van der Waals surface area contributed by atoms with Gasteiger partial charge in [-0.3, -0.25) is 9.79 Å². The van der Waals surface area contributed by atoms with Gasteiger partial charge in [0, 0.05) is 19.3 Å². The molecule has 1 aromatic rings. The van der Waals surface area contributed by atoms with Crippen molar-refractivity contribution >= 4 is 23.9 Å². The molecular formula is C22H39N7O5. The summed E-state index contributed by atoms with van der Waals surface area (Å²) in [5.41, 5.74) is 10.5. The zero-order chi connectivity index (χ0) is 26.2. The molecule has 1 heterocycles. The van der Waals surface area contributed by atoms with Crippen molar-refractivity contribution in [3.8, 4) is 0 Å². The second kappa shape index (κ2) is 12.2. The van der Waals surface area contributed by atoms with Crippen LogP contribution in [0.3, 0.4) is 0 Å². The average Bonchev–Trinajstić information content (AvgIpc) is 2.96. The van der Waals surface area contributed by atoms with Crippen LogP contribution in [0.4, 0.5) is 4.79 Å². The highest BCUT2D eigenvalue weighted by Crippen LogP contribution is 2.23. The van der Waals surface area contributed by atoms with Gasteiger partial charge in [-0.1, -0.05) is 13.8 Å². The Bertz CT molecular complexity index is 898. The number of rotatable bonds is 11. The summed E-state index contributed by atoms with van der Waals surface area (Å²) in [6.07, 6.45) is 0.495. The van der Waals surface area contributed by atoms with E-state index in [1.165, 1.54) is 0 Å². The number of ether oxygens (including phenoxy) is 1. The highest BCUT2D eigenvalue weighted by Gasteiger charge is 2.29. The van der Waals surface area contributed by atoms with Crippen molar-refractivity contribution in [2.45, 2.75) is 78.5 Å². The molecule has 0 radical (unpaired) electrons. The van der Waals surface area contributed by atoms with E-state index in [1.54, 1.807) is 39.3 Å². The van der Waals surface area contributed by atoms with Crippen LogP contribution in [0.2, 0.25) is 0 Å². The summed E-state index contributed by atoms with van der Waals surface area (Å²) >= 11 is 0. The van der Waals surface area contributed by atoms with Gasteiger partial charge in [0.2, 0.25) is 0 Å². The summed E-state index contributed by atoms with van der Waals surface area (Å²) in [7, 11) is 1.74. The lowest BCUT2D eigenvalue weighted by molar-refractivity contribution is -0.139. The number of carboxylic acid groups (broad SMARTS) is 1. The number of hydrogen-bond donors (Lipinski definition) is 5. The molecule has 1 rings (SSSR count). The van der Waals surface area contributed by atoms with Crippen LogP contribution in [0.15, 0.2) is 4.99 Å². The fourth-order valence-electron chi connectivity index (χ4n) is 3.27. The SMILES string of the molecule is Cc1c(C(=O)NC(CCCN=C(N)N)C(=O)O)nc(C(CC(C)C)NC(=O)OC(C)(C)C)n1C. The molecule has 12 heteroatoms. The van der Waals surface area contributed by atoms with Gasteiger partial charge in [0.25, 0.3) is 5.91 Å². The lowest BCUT2D eigenvalue weighted by Gasteiger charge is -2.24. The van der Waals surface area contributed by atoms with Gasteiger partial charge in [0.15, 0.2) is 5.96 Å². The van der Waals surface area contributed by atoms with Gasteiger partial charge in [0.1, 0.15) is 23.2 Å². The van der Waals surface area contributed by atoms with E-state index in [1.807, 2.05) is 13.8 Å². The number of nitrogens with two attached hydrogens (primary N) is 2. The Labute approximate surface area is 200 Å². The lowest BCUT2D eigenvalue weighted by Crippen LogP contribution is -2.41. The van der Waals surface area contributed by atoms with Gasteiger partial charge >= 0.3 is 12.1 Å². The summed E-state index contributed by atoms with van der Waals surface area (Å²) in [4.78, 5) is 45.2. The van der Waals surface area contributed by atoms with Crippen molar-refractivity contribution < 1.29 is 24.2 Å². The van der Waals surface area contributed by atoms with Crippen LogP contribution >= 0.6 is 0 Å². The number of nitrogens with one attached hydrogen (secondary N) is 2. The average molecular weight is 482 g/mol. The highest BCUT2D eigenvalue weighted by molar-refractivity contribution is 5.96. The third-order valence-corrected chi connectivity index (χ3v) is 4.89. The number of guanidine groups is 1. The topological polar surface area (TPSA) is 187 Å². The third kappa shape index (κ3) is 9.28. The molecule has 0 aliphatic heterocycles. The molecule has 2 unspecified atom stereocenters. The Morgan fingerprint density at radius 1 is 1.21 bits per heavy atom. The summed E-state index contributed by atoms with van der Waals surface area (Å²) < 4.78 is 7.10. The highest BCUT2D eigenvalue weighted by atomic mass is 16.6. The number of imidazole rings is 1. The Hall–Kier alpha value is -3.31. The molecule has 1 aromatic heterocycles. The molecule has 0 aliphatic carbocycles. The Kier molecular flexibility index (Phi) is 10.3. The van der Waals surface area contributed by atoms with Crippen molar-refractivity contribution in [2.75, 3.05) is 6.54 Å². The molecule has 34 heavy (non-hydrogen) atoms. The second-order valence-electron chi connectivity index (χ2n) is 9.60. The number of amides is 2. The standard InChI is InChI=1S/C22H39N7O5/c1-12(2)11-15(27-21(33)34-22(4,5)6)17-28-16(13(3)29(17)7)18(30)26-14(19(31)32)9-8-10-25-20(23)24/h12,14-15H,8-11H2,1-7H3,(H,26,30)(H,27,33)(H,31,32)(H4,23,24,25). The van der Waals surface area contributed by atoms with Crippen molar-refractivity contribution in [1.82, 2.24) is 20.2 Å². The number of hydrogen-bond acceptors (Lipinski definition) is 6. The van der Waals surface area contributed by atoms with Crippen molar-refractivity contribution in [3.63, 3.8) is 0 Å². The number of alkyl carbamates (subject to hydrolysis) is 1. The molecule has 192 valence electrons. The predicted molar refractivity (Wildman–Crippen MR) is 128 cm³/mol. The van der Waals surface area contributed by atoms with E-state index in [2.05, 4.69) is 20.6 Å². The minimum absolute atomic E-state index is 0.0801. The van der Waals surface area contributed by atoms with Gasteiger partial charge in [-0.2, -0.15) is 0 Å². The second-order valence-corrected chi connectivity index (χ2v) is 9.60. The van der Waals surface area contributed by atoms with Crippen molar-refractivity contribution in [2.24, 2.45) is 29.4 Å². The lowest BCUT2D eigenvalue weighted by atomic mass is 10.0. The Morgan fingerprint density at radius 2 is 1.82 bits per heavy atom. The molecule has 0 aromatic carbocycles. The van der Waals surface area contributed by atoms with E-state index < -0.39 is 35.7 Å².